The Labute approximate surface area is 182 Å². The van der Waals surface area contributed by atoms with E-state index in [2.05, 4.69) is 9.97 Å². The number of aryl methyl sites for hydroxylation is 1. The van der Waals surface area contributed by atoms with Gasteiger partial charge < -0.3 is 4.42 Å². The van der Waals surface area contributed by atoms with Crippen LogP contribution in [0.4, 0.5) is 13.2 Å². The fourth-order valence-electron chi connectivity index (χ4n) is 4.12. The van der Waals surface area contributed by atoms with Crippen LogP contribution < -0.4 is 0 Å². The van der Waals surface area contributed by atoms with E-state index in [1.807, 2.05) is 55.5 Å². The summed E-state index contributed by atoms with van der Waals surface area (Å²) in [5.41, 5.74) is 2.53. The molecular formula is C26H21F3N2O. The lowest BCUT2D eigenvalue weighted by molar-refractivity contribution is -0.211. The molecule has 32 heavy (non-hydrogen) atoms. The molecule has 0 unspecified atom stereocenters. The number of alkyl halides is 3. The van der Waals surface area contributed by atoms with Gasteiger partial charge in [0.15, 0.2) is 0 Å². The molecule has 3 nitrogen and oxygen atoms in total. The Hall–Kier alpha value is -3.41. The van der Waals surface area contributed by atoms with Gasteiger partial charge in [-0.1, -0.05) is 44.2 Å². The van der Waals surface area contributed by atoms with E-state index in [1.54, 1.807) is 12.3 Å². The van der Waals surface area contributed by atoms with Gasteiger partial charge in [0.05, 0.1) is 11.1 Å². The number of hydrogen-bond acceptors (Lipinski definition) is 3. The minimum Gasteiger partial charge on any atom is -0.437 e. The zero-order valence-electron chi connectivity index (χ0n) is 17.9. The Morgan fingerprint density at radius 3 is 2.47 bits per heavy atom. The standard InChI is InChI=1S/C26H21F3N2O/c1-15-7-9-20-19-5-4-6-21(23(19)32-24(20)31-15)22-18-10-8-16(13-17(18)11-12-30-22)14-25(2,3)26(27,28)29/h4-13H,14H2,1-3H3. The summed E-state index contributed by atoms with van der Waals surface area (Å²) in [5.74, 6) is 0. The predicted octanol–water partition coefficient (Wildman–Crippen LogP) is 7.64. The molecule has 3 heterocycles. The highest BCUT2D eigenvalue weighted by Crippen LogP contribution is 2.41. The first-order valence-corrected chi connectivity index (χ1v) is 10.4. The van der Waals surface area contributed by atoms with Gasteiger partial charge in [-0.15, -0.1) is 0 Å². The summed E-state index contributed by atoms with van der Waals surface area (Å²) in [6.07, 6.45) is -2.68. The number of hydrogen-bond donors (Lipinski definition) is 0. The largest absolute Gasteiger partial charge is 0.437 e. The van der Waals surface area contributed by atoms with Crippen molar-refractivity contribution >= 4 is 32.8 Å². The van der Waals surface area contributed by atoms with E-state index in [-0.39, 0.29) is 6.42 Å². The van der Waals surface area contributed by atoms with Gasteiger partial charge in [-0.25, -0.2) is 4.98 Å². The van der Waals surface area contributed by atoms with Crippen molar-refractivity contribution in [3.8, 4) is 11.3 Å². The maximum Gasteiger partial charge on any atom is 0.394 e. The minimum absolute atomic E-state index is 0.0890. The normalized spacial score (nSPS) is 12.8. The number of para-hydroxylation sites is 1. The van der Waals surface area contributed by atoms with Gasteiger partial charge in [-0.2, -0.15) is 13.2 Å². The summed E-state index contributed by atoms with van der Waals surface area (Å²) < 4.78 is 46.2. The predicted molar refractivity (Wildman–Crippen MR) is 121 cm³/mol. The molecule has 0 fully saturated rings. The quantitative estimate of drug-likeness (QED) is 0.293. The van der Waals surface area contributed by atoms with Gasteiger partial charge in [-0.3, -0.25) is 4.98 Å². The van der Waals surface area contributed by atoms with E-state index >= 15 is 0 Å². The summed E-state index contributed by atoms with van der Waals surface area (Å²) in [7, 11) is 0. The van der Waals surface area contributed by atoms with Crippen molar-refractivity contribution in [2.45, 2.75) is 33.4 Å². The molecule has 162 valence electrons. The fraction of sp³-hybridized carbons (Fsp3) is 0.231. The van der Waals surface area contributed by atoms with Crippen LogP contribution in [0.3, 0.4) is 0 Å². The molecule has 0 radical (unpaired) electrons. The lowest BCUT2D eigenvalue weighted by atomic mass is 9.84. The van der Waals surface area contributed by atoms with Crippen molar-refractivity contribution in [3.63, 3.8) is 0 Å². The number of nitrogens with zero attached hydrogens (tertiary/aromatic N) is 2. The molecule has 0 atom stereocenters. The van der Waals surface area contributed by atoms with Crippen LogP contribution in [-0.4, -0.2) is 16.1 Å². The van der Waals surface area contributed by atoms with Gasteiger partial charge in [-0.05, 0) is 48.6 Å². The summed E-state index contributed by atoms with van der Waals surface area (Å²) in [6, 6.07) is 17.1. The van der Waals surface area contributed by atoms with E-state index in [1.165, 1.54) is 13.8 Å². The molecule has 0 bridgehead atoms. The average Bonchev–Trinajstić information content (AvgIpc) is 3.09. The van der Waals surface area contributed by atoms with Crippen molar-refractivity contribution in [3.05, 3.63) is 72.1 Å². The number of furan rings is 1. The lowest BCUT2D eigenvalue weighted by Crippen LogP contribution is -2.34. The van der Waals surface area contributed by atoms with E-state index in [4.69, 9.17) is 4.42 Å². The molecule has 0 saturated carbocycles. The van der Waals surface area contributed by atoms with Crippen LogP contribution in [-0.2, 0) is 6.42 Å². The molecular weight excluding hydrogens is 413 g/mol. The Morgan fingerprint density at radius 1 is 0.906 bits per heavy atom. The van der Waals surface area contributed by atoms with Gasteiger partial charge in [0.25, 0.3) is 0 Å². The van der Waals surface area contributed by atoms with Gasteiger partial charge in [0.1, 0.15) is 5.58 Å². The number of pyridine rings is 2. The van der Waals surface area contributed by atoms with Gasteiger partial charge >= 0.3 is 6.18 Å². The summed E-state index contributed by atoms with van der Waals surface area (Å²) >= 11 is 0. The van der Waals surface area contributed by atoms with Crippen LogP contribution in [0.5, 0.6) is 0 Å². The second-order valence-electron chi connectivity index (χ2n) is 8.86. The number of fused-ring (bicyclic) bond motifs is 4. The van der Waals surface area contributed by atoms with Crippen LogP contribution in [0.1, 0.15) is 25.1 Å². The summed E-state index contributed by atoms with van der Waals surface area (Å²) in [5, 5.41) is 3.59. The Kier molecular flexibility index (Phi) is 4.52. The van der Waals surface area contributed by atoms with Crippen molar-refractivity contribution in [2.24, 2.45) is 5.41 Å². The van der Waals surface area contributed by atoms with Crippen molar-refractivity contribution < 1.29 is 17.6 Å². The van der Waals surface area contributed by atoms with Crippen molar-refractivity contribution in [1.29, 1.82) is 0 Å². The molecule has 6 heteroatoms. The number of aromatic nitrogens is 2. The molecule has 2 aromatic carbocycles. The topological polar surface area (TPSA) is 38.9 Å². The number of halogens is 3. The van der Waals surface area contributed by atoms with Gasteiger partial charge in [0.2, 0.25) is 5.71 Å². The second-order valence-corrected chi connectivity index (χ2v) is 8.86. The molecule has 0 N–H and O–H groups in total. The number of benzene rings is 2. The van der Waals surface area contributed by atoms with Gasteiger partial charge in [0, 0.05) is 33.6 Å². The number of rotatable bonds is 3. The first-order valence-electron chi connectivity index (χ1n) is 10.4. The van der Waals surface area contributed by atoms with E-state index in [9.17, 15) is 13.2 Å². The van der Waals surface area contributed by atoms with Crippen LogP contribution in [0.25, 0.3) is 44.1 Å². The molecule has 0 aliphatic heterocycles. The molecule has 3 aromatic heterocycles. The third kappa shape index (κ3) is 3.30. The molecule has 0 spiro atoms. The van der Waals surface area contributed by atoms with Crippen molar-refractivity contribution in [1.82, 2.24) is 9.97 Å². The lowest BCUT2D eigenvalue weighted by Gasteiger charge is -2.27. The van der Waals surface area contributed by atoms with E-state index < -0.39 is 11.6 Å². The van der Waals surface area contributed by atoms with Crippen LogP contribution in [0.15, 0.2) is 65.2 Å². The van der Waals surface area contributed by atoms with Crippen LogP contribution >= 0.6 is 0 Å². The Morgan fingerprint density at radius 2 is 1.69 bits per heavy atom. The summed E-state index contributed by atoms with van der Waals surface area (Å²) in [4.78, 5) is 9.09. The summed E-state index contributed by atoms with van der Waals surface area (Å²) in [6.45, 7) is 4.37. The second kappa shape index (κ2) is 7.05. The first kappa shape index (κ1) is 20.5. The molecule has 0 saturated heterocycles. The first-order chi connectivity index (χ1) is 15.1. The smallest absolute Gasteiger partial charge is 0.394 e. The monoisotopic (exact) mass is 434 g/mol. The highest BCUT2D eigenvalue weighted by atomic mass is 19.4. The molecule has 0 amide bonds. The molecule has 5 rings (SSSR count). The molecule has 0 aliphatic rings. The maximum atomic E-state index is 13.4. The van der Waals surface area contributed by atoms with E-state index in [0.717, 1.165) is 38.5 Å². The third-order valence-corrected chi connectivity index (χ3v) is 6.00. The minimum atomic E-state index is -4.27. The highest BCUT2D eigenvalue weighted by molar-refractivity contribution is 6.10. The average molecular weight is 434 g/mol. The SMILES string of the molecule is Cc1ccc2c(n1)oc1c(-c3nccc4cc(CC(C)(C)C(F)(F)F)ccc34)cccc12. The highest BCUT2D eigenvalue weighted by Gasteiger charge is 2.46. The zero-order chi connectivity index (χ0) is 22.7. The van der Waals surface area contributed by atoms with Crippen LogP contribution in [0.2, 0.25) is 0 Å². The zero-order valence-corrected chi connectivity index (χ0v) is 17.9. The molecule has 0 aliphatic carbocycles. The Balaban J connectivity index is 1.65. The van der Waals surface area contributed by atoms with Crippen molar-refractivity contribution in [2.75, 3.05) is 0 Å². The molecule has 5 aromatic rings. The van der Waals surface area contributed by atoms with E-state index in [0.29, 0.717) is 16.9 Å². The van der Waals surface area contributed by atoms with Crippen LogP contribution in [0, 0.1) is 12.3 Å². The fourth-order valence-corrected chi connectivity index (χ4v) is 4.12. The maximum absolute atomic E-state index is 13.4. The Bertz CT molecular complexity index is 1480. The third-order valence-electron chi connectivity index (χ3n) is 6.00.